The Labute approximate surface area is 385 Å². The van der Waals surface area contributed by atoms with Crippen LogP contribution >= 0.6 is 0 Å². The molecule has 1 aromatic rings. The van der Waals surface area contributed by atoms with Crippen LogP contribution in [-0.2, 0) is 54.1 Å². The molecule has 0 radical (unpaired) electrons. The van der Waals surface area contributed by atoms with Crippen molar-refractivity contribution in [3.63, 3.8) is 0 Å². The van der Waals surface area contributed by atoms with E-state index < -0.39 is 78.2 Å². The fourth-order valence-electron chi connectivity index (χ4n) is 6.67. The molecule has 0 unspecified atom stereocenters. The number of amides is 3. The van der Waals surface area contributed by atoms with Crippen molar-refractivity contribution in [3.05, 3.63) is 35.9 Å². The van der Waals surface area contributed by atoms with Gasteiger partial charge in [-0.15, -0.1) is 0 Å². The Morgan fingerprint density at radius 3 is 1.86 bits per heavy atom. The minimum absolute atomic E-state index is 0.131. The number of aliphatic hydroxyl groups excluding tert-OH is 1. The number of Topliss-reactive ketones (excluding diaryl/α,β-unsaturated/α-hetero) is 3. The summed E-state index contributed by atoms with van der Waals surface area (Å²) in [4.78, 5) is 84.8. The summed E-state index contributed by atoms with van der Waals surface area (Å²) in [7, 11) is 0. The van der Waals surface area contributed by atoms with Gasteiger partial charge in [0, 0.05) is 44.3 Å². The number of carbonyl (C=O) groups excluding carboxylic acids is 6. The van der Waals surface area contributed by atoms with Gasteiger partial charge in [-0.25, -0.2) is 0 Å². The van der Waals surface area contributed by atoms with Crippen molar-refractivity contribution in [1.82, 2.24) is 21.3 Å². The molecule has 1 aromatic carbocycles. The van der Waals surface area contributed by atoms with Gasteiger partial charge < -0.3 is 62.5 Å². The van der Waals surface area contributed by atoms with Gasteiger partial charge in [-0.1, -0.05) is 65.0 Å². The number of aliphatic hydroxyl groups is 1. The second kappa shape index (κ2) is 35.8. The van der Waals surface area contributed by atoms with E-state index in [-0.39, 0.29) is 70.2 Å². The number of nitrogens with one attached hydrogen (secondary N) is 4. The van der Waals surface area contributed by atoms with Crippen LogP contribution in [0.3, 0.4) is 0 Å². The van der Waals surface area contributed by atoms with Crippen molar-refractivity contribution in [1.29, 1.82) is 0 Å². The van der Waals surface area contributed by atoms with Gasteiger partial charge in [0.1, 0.15) is 6.61 Å². The predicted octanol–water partition coefficient (Wildman–Crippen LogP) is 0.709. The van der Waals surface area contributed by atoms with E-state index in [1.165, 1.54) is 0 Å². The zero-order valence-electron chi connectivity index (χ0n) is 39.5. The molecule has 0 bridgehead atoms. The highest BCUT2D eigenvalue weighted by Gasteiger charge is 2.34. The Hall–Kier alpha value is -4.37. The van der Waals surface area contributed by atoms with Crippen LogP contribution in [0.2, 0.25) is 0 Å². The van der Waals surface area contributed by atoms with Crippen molar-refractivity contribution in [3.8, 4) is 0 Å². The standard InChI is InChI=1S/C46H80N8O11/c1-6-39(56)38(27-34-13-8-7-9-14-34)53-45(61)36(30-55)29-41(58)43(32(2)3)54-44(60)35(15-12-18-51-46(48)49)28-40(57)37(16-10-11-17-47)52-42(59)31-65-26-25-64-24-23-63-22-21-62-20-19-50-33(4)5/h7-9,13-14,32-33,35-38,43,50,55H,6,10-12,15-31,47H2,1-5H3,(H,52,59)(H,53,61)(H,54,60)(H4,48,49,51)/t35-,36+,37+,38+,43+/m1/s1. The van der Waals surface area contributed by atoms with Crippen molar-refractivity contribution >= 4 is 41.0 Å². The number of rotatable bonds is 40. The average Bonchev–Trinajstić information content (AvgIpc) is 3.27. The highest BCUT2D eigenvalue weighted by Crippen LogP contribution is 2.19. The molecule has 0 heterocycles. The fourth-order valence-corrected chi connectivity index (χ4v) is 6.67. The van der Waals surface area contributed by atoms with E-state index in [0.29, 0.717) is 64.9 Å². The summed E-state index contributed by atoms with van der Waals surface area (Å²) in [5.41, 5.74) is 17.5. The molecule has 11 N–H and O–H groups in total. The first-order valence-corrected chi connectivity index (χ1v) is 23.1. The molecule has 0 spiro atoms. The number of benzene rings is 1. The number of ketones is 3. The molecule has 5 atom stereocenters. The lowest BCUT2D eigenvalue weighted by atomic mass is 9.89. The molecular weight excluding hydrogens is 841 g/mol. The summed E-state index contributed by atoms with van der Waals surface area (Å²) in [6, 6.07) is 6.71. The van der Waals surface area contributed by atoms with Gasteiger partial charge in [0.05, 0.1) is 76.9 Å². The molecule has 0 aliphatic heterocycles. The fraction of sp³-hybridized carbons (Fsp3) is 0.717. The van der Waals surface area contributed by atoms with Crippen molar-refractivity contribution < 1.29 is 52.8 Å². The number of guanidine groups is 1. The summed E-state index contributed by atoms with van der Waals surface area (Å²) in [6.07, 6.45) is 1.66. The molecule has 0 saturated carbocycles. The second-order valence-corrected chi connectivity index (χ2v) is 16.6. The molecule has 0 fully saturated rings. The topological polar surface area (TPSA) is 298 Å². The zero-order chi connectivity index (χ0) is 48.4. The average molecular weight is 921 g/mol. The van der Waals surface area contributed by atoms with Gasteiger partial charge in [-0.3, -0.25) is 33.8 Å². The third-order valence-electron chi connectivity index (χ3n) is 10.3. The SMILES string of the molecule is CCC(=O)[C@H](Cc1ccccc1)NC(=O)[C@H](CO)CC(=O)[C@@H](NC(=O)[C@H](CCCN=C(N)N)CC(=O)[C@H](CCCCN)NC(=O)COCCOCCOCCOCCNC(C)C)C(C)C. The lowest BCUT2D eigenvalue weighted by Crippen LogP contribution is -2.50. The number of aliphatic imine (C=N–C) groups is 1. The van der Waals surface area contributed by atoms with E-state index in [9.17, 15) is 33.9 Å². The van der Waals surface area contributed by atoms with Crippen LogP contribution in [0.1, 0.15) is 91.5 Å². The second-order valence-electron chi connectivity index (χ2n) is 16.6. The summed E-state index contributed by atoms with van der Waals surface area (Å²) >= 11 is 0. The molecule has 1 rings (SSSR count). The normalized spacial score (nSPS) is 13.7. The van der Waals surface area contributed by atoms with Gasteiger partial charge in [0.15, 0.2) is 23.3 Å². The van der Waals surface area contributed by atoms with Crippen LogP contribution in [0.4, 0.5) is 0 Å². The number of unbranched alkanes of at least 4 members (excludes halogenated alkanes) is 1. The number of ether oxygens (including phenoxy) is 4. The number of hydrogen-bond acceptors (Lipinski definition) is 14. The molecule has 3 amide bonds. The van der Waals surface area contributed by atoms with Crippen LogP contribution in [0.25, 0.3) is 0 Å². The van der Waals surface area contributed by atoms with Crippen LogP contribution in [0.15, 0.2) is 35.3 Å². The molecule has 0 aliphatic rings. The number of hydrogen-bond donors (Lipinski definition) is 8. The van der Waals surface area contributed by atoms with E-state index in [1.807, 2.05) is 30.3 Å². The molecular formula is C46H80N8O11. The number of nitrogens with two attached hydrogens (primary N) is 3. The van der Waals surface area contributed by atoms with E-state index in [2.05, 4.69) is 40.1 Å². The van der Waals surface area contributed by atoms with E-state index in [4.69, 9.17) is 36.1 Å². The molecule has 370 valence electrons. The minimum Gasteiger partial charge on any atom is -0.396 e. The predicted molar refractivity (Wildman–Crippen MR) is 249 cm³/mol. The highest BCUT2D eigenvalue weighted by atomic mass is 16.6. The molecule has 19 nitrogen and oxygen atoms in total. The Morgan fingerprint density at radius 2 is 1.29 bits per heavy atom. The smallest absolute Gasteiger partial charge is 0.246 e. The quantitative estimate of drug-likeness (QED) is 0.0256. The molecule has 19 heteroatoms. The van der Waals surface area contributed by atoms with Gasteiger partial charge in [0.2, 0.25) is 17.7 Å². The summed E-state index contributed by atoms with van der Waals surface area (Å²) in [5.74, 6) is -5.56. The number of carbonyl (C=O) groups is 6. The zero-order valence-corrected chi connectivity index (χ0v) is 39.5. The van der Waals surface area contributed by atoms with Crippen molar-refractivity contribution in [2.45, 2.75) is 117 Å². The first-order valence-electron chi connectivity index (χ1n) is 23.1. The van der Waals surface area contributed by atoms with E-state index >= 15 is 0 Å². The monoisotopic (exact) mass is 921 g/mol. The van der Waals surface area contributed by atoms with Crippen molar-refractivity contribution in [2.24, 2.45) is 39.9 Å². The summed E-state index contributed by atoms with van der Waals surface area (Å²) < 4.78 is 22.0. The lowest BCUT2D eigenvalue weighted by molar-refractivity contribution is -0.136. The third kappa shape index (κ3) is 27.7. The van der Waals surface area contributed by atoms with Gasteiger partial charge in [0.25, 0.3) is 0 Å². The van der Waals surface area contributed by atoms with Crippen molar-refractivity contribution in [2.75, 3.05) is 79.1 Å². The maximum Gasteiger partial charge on any atom is 0.246 e. The van der Waals surface area contributed by atoms with E-state index in [1.54, 1.807) is 20.8 Å². The van der Waals surface area contributed by atoms with E-state index in [0.717, 1.165) is 12.1 Å². The molecule has 0 saturated heterocycles. The van der Waals surface area contributed by atoms with Gasteiger partial charge >= 0.3 is 0 Å². The number of nitrogens with zero attached hydrogens (tertiary/aromatic N) is 1. The Balaban J connectivity index is 2.91. The Bertz CT molecular complexity index is 1550. The van der Waals surface area contributed by atoms with Crippen LogP contribution in [0.5, 0.6) is 0 Å². The highest BCUT2D eigenvalue weighted by molar-refractivity contribution is 5.96. The molecule has 0 aliphatic carbocycles. The van der Waals surface area contributed by atoms with Crippen LogP contribution < -0.4 is 38.5 Å². The molecule has 65 heavy (non-hydrogen) atoms. The first kappa shape index (κ1) is 58.6. The molecule has 0 aromatic heterocycles. The van der Waals surface area contributed by atoms with Gasteiger partial charge in [-0.05, 0) is 56.6 Å². The Morgan fingerprint density at radius 1 is 0.692 bits per heavy atom. The Kier molecular flexibility index (Phi) is 32.3. The largest absolute Gasteiger partial charge is 0.396 e. The van der Waals surface area contributed by atoms with Crippen LogP contribution in [-0.4, -0.2) is 149 Å². The van der Waals surface area contributed by atoms with Crippen LogP contribution in [0, 0.1) is 17.8 Å². The lowest BCUT2D eigenvalue weighted by Gasteiger charge is -2.27. The third-order valence-corrected chi connectivity index (χ3v) is 10.3. The summed E-state index contributed by atoms with van der Waals surface area (Å²) in [5, 5.41) is 21.8. The maximum absolute atomic E-state index is 14.0. The minimum atomic E-state index is -1.19. The van der Waals surface area contributed by atoms with Gasteiger partial charge in [-0.2, -0.15) is 0 Å². The summed E-state index contributed by atoms with van der Waals surface area (Å²) in [6.45, 7) is 12.3. The maximum atomic E-state index is 14.0. The first-order chi connectivity index (χ1) is 31.1.